The summed E-state index contributed by atoms with van der Waals surface area (Å²) in [6.45, 7) is 5.69. The standard InChI is InChI=1S/C24H23N7/c1-15-6-8-28-23-20(15)29-22(30-23)19-13-27-12-18(17-5-3-4-16(10-17)11-25)21(19)31-9-7-24(2,26)14-31/h3-6,8,10,12-13H,7,9,14,26H2,1-2H3,(H,28,29,30)/t24-/m0/s1. The third-order valence-corrected chi connectivity index (χ3v) is 5.90. The summed E-state index contributed by atoms with van der Waals surface area (Å²) in [4.78, 5) is 19.5. The van der Waals surface area contributed by atoms with E-state index in [9.17, 15) is 5.26 Å². The molecule has 0 amide bonds. The van der Waals surface area contributed by atoms with Crippen molar-refractivity contribution in [2.75, 3.05) is 18.0 Å². The second-order valence-electron chi connectivity index (χ2n) is 8.51. The summed E-state index contributed by atoms with van der Waals surface area (Å²) in [5.41, 5.74) is 13.3. The number of hydrogen-bond donors (Lipinski definition) is 2. The number of nitrogens with two attached hydrogens (primary N) is 1. The Morgan fingerprint density at radius 1 is 1.23 bits per heavy atom. The van der Waals surface area contributed by atoms with E-state index in [2.05, 4.69) is 32.8 Å². The SMILES string of the molecule is Cc1ccnc2nc(-c3cncc(-c4cccc(C#N)c4)c3N3CC[C@](C)(N)C3)[nH]c12. The molecule has 0 aliphatic carbocycles. The van der Waals surface area contributed by atoms with E-state index in [0.29, 0.717) is 11.2 Å². The fourth-order valence-corrected chi connectivity index (χ4v) is 4.27. The Hall–Kier alpha value is -3.76. The van der Waals surface area contributed by atoms with Gasteiger partial charge in [-0.3, -0.25) is 4.98 Å². The number of pyridine rings is 2. The van der Waals surface area contributed by atoms with Crippen molar-refractivity contribution in [1.29, 1.82) is 5.26 Å². The van der Waals surface area contributed by atoms with Crippen LogP contribution < -0.4 is 10.6 Å². The van der Waals surface area contributed by atoms with Gasteiger partial charge in [0, 0.05) is 42.8 Å². The van der Waals surface area contributed by atoms with Crippen LogP contribution in [-0.2, 0) is 0 Å². The van der Waals surface area contributed by atoms with Crippen LogP contribution in [0.3, 0.4) is 0 Å². The molecule has 1 aliphatic rings. The number of nitriles is 1. The van der Waals surface area contributed by atoms with Crippen LogP contribution in [0.1, 0.15) is 24.5 Å². The summed E-state index contributed by atoms with van der Waals surface area (Å²) in [5, 5.41) is 9.38. The highest BCUT2D eigenvalue weighted by Gasteiger charge is 2.33. The van der Waals surface area contributed by atoms with Crippen molar-refractivity contribution >= 4 is 16.9 Å². The maximum Gasteiger partial charge on any atom is 0.178 e. The number of H-pyrrole nitrogens is 1. The predicted molar refractivity (Wildman–Crippen MR) is 121 cm³/mol. The number of benzene rings is 1. The van der Waals surface area contributed by atoms with Crippen molar-refractivity contribution in [1.82, 2.24) is 19.9 Å². The maximum atomic E-state index is 9.38. The van der Waals surface area contributed by atoms with Gasteiger partial charge in [0.15, 0.2) is 5.65 Å². The largest absolute Gasteiger partial charge is 0.368 e. The number of hydrogen-bond acceptors (Lipinski definition) is 6. The minimum atomic E-state index is -0.266. The Balaban J connectivity index is 1.74. The molecule has 7 nitrogen and oxygen atoms in total. The molecule has 31 heavy (non-hydrogen) atoms. The molecule has 4 aromatic rings. The molecule has 154 valence electrons. The van der Waals surface area contributed by atoms with Crippen molar-refractivity contribution in [3.8, 4) is 28.6 Å². The molecule has 5 rings (SSSR count). The number of imidazole rings is 1. The van der Waals surface area contributed by atoms with Gasteiger partial charge >= 0.3 is 0 Å². The number of aryl methyl sites for hydroxylation is 1. The van der Waals surface area contributed by atoms with Gasteiger partial charge in [0.1, 0.15) is 5.82 Å². The summed E-state index contributed by atoms with van der Waals surface area (Å²) in [7, 11) is 0. The molecule has 0 spiro atoms. The quantitative estimate of drug-likeness (QED) is 0.533. The van der Waals surface area contributed by atoms with Crippen molar-refractivity contribution in [3.63, 3.8) is 0 Å². The molecule has 1 fully saturated rings. The lowest BCUT2D eigenvalue weighted by Crippen LogP contribution is -2.39. The fraction of sp³-hybridized carbons (Fsp3) is 0.250. The minimum Gasteiger partial charge on any atom is -0.368 e. The molecule has 0 bridgehead atoms. The molecule has 1 aromatic carbocycles. The molecular weight excluding hydrogens is 386 g/mol. The highest BCUT2D eigenvalue weighted by atomic mass is 15.2. The van der Waals surface area contributed by atoms with Gasteiger partial charge in [0.25, 0.3) is 0 Å². The second kappa shape index (κ2) is 7.18. The first kappa shape index (κ1) is 19.2. The first-order valence-electron chi connectivity index (χ1n) is 10.3. The Kier molecular flexibility index (Phi) is 4.45. The molecule has 7 heteroatoms. The van der Waals surface area contributed by atoms with Gasteiger partial charge < -0.3 is 15.6 Å². The van der Waals surface area contributed by atoms with E-state index >= 15 is 0 Å². The Morgan fingerprint density at radius 2 is 2.06 bits per heavy atom. The number of nitrogens with zero attached hydrogens (tertiary/aromatic N) is 5. The van der Waals surface area contributed by atoms with E-state index in [-0.39, 0.29) is 5.54 Å². The summed E-state index contributed by atoms with van der Waals surface area (Å²) < 4.78 is 0. The van der Waals surface area contributed by atoms with E-state index in [4.69, 9.17) is 10.7 Å². The lowest BCUT2D eigenvalue weighted by Gasteiger charge is -2.26. The molecule has 1 saturated heterocycles. The number of anilines is 1. The van der Waals surface area contributed by atoms with Crippen LogP contribution in [0.15, 0.2) is 48.9 Å². The fourth-order valence-electron chi connectivity index (χ4n) is 4.27. The average Bonchev–Trinajstić information content (AvgIpc) is 3.37. The first-order valence-corrected chi connectivity index (χ1v) is 10.3. The van der Waals surface area contributed by atoms with E-state index in [1.807, 2.05) is 43.6 Å². The molecule has 4 heterocycles. The molecular formula is C24H23N7. The Bertz CT molecular complexity index is 1330. The second-order valence-corrected chi connectivity index (χ2v) is 8.51. The van der Waals surface area contributed by atoms with Crippen LogP contribution >= 0.6 is 0 Å². The van der Waals surface area contributed by atoms with Gasteiger partial charge in [-0.05, 0) is 49.6 Å². The van der Waals surface area contributed by atoms with Crippen molar-refractivity contribution < 1.29 is 0 Å². The molecule has 0 unspecified atom stereocenters. The number of aromatic amines is 1. The third kappa shape index (κ3) is 3.41. The van der Waals surface area contributed by atoms with Gasteiger partial charge in [-0.2, -0.15) is 5.26 Å². The lowest BCUT2D eigenvalue weighted by molar-refractivity contribution is 0.525. The number of aromatic nitrogens is 4. The van der Waals surface area contributed by atoms with Crippen LogP contribution in [0.25, 0.3) is 33.7 Å². The first-order chi connectivity index (χ1) is 14.9. The third-order valence-electron chi connectivity index (χ3n) is 5.90. The zero-order valence-corrected chi connectivity index (χ0v) is 17.6. The monoisotopic (exact) mass is 409 g/mol. The Morgan fingerprint density at radius 3 is 2.81 bits per heavy atom. The predicted octanol–water partition coefficient (Wildman–Crippen LogP) is 3.79. The lowest BCUT2D eigenvalue weighted by atomic mass is 9.99. The molecule has 0 saturated carbocycles. The van der Waals surface area contributed by atoms with Crippen molar-refractivity contribution in [3.05, 3.63) is 60.0 Å². The van der Waals surface area contributed by atoms with Crippen LogP contribution in [-0.4, -0.2) is 38.6 Å². The van der Waals surface area contributed by atoms with Crippen LogP contribution in [0, 0.1) is 18.3 Å². The van der Waals surface area contributed by atoms with E-state index < -0.39 is 0 Å². The summed E-state index contributed by atoms with van der Waals surface area (Å²) >= 11 is 0. The number of fused-ring (bicyclic) bond motifs is 1. The summed E-state index contributed by atoms with van der Waals surface area (Å²) in [5.74, 6) is 0.725. The zero-order chi connectivity index (χ0) is 21.6. The van der Waals surface area contributed by atoms with Gasteiger partial charge in [-0.25, -0.2) is 9.97 Å². The molecule has 1 aliphatic heterocycles. The zero-order valence-electron chi connectivity index (χ0n) is 17.6. The van der Waals surface area contributed by atoms with Crippen LogP contribution in [0.2, 0.25) is 0 Å². The number of nitrogens with one attached hydrogen (secondary N) is 1. The van der Waals surface area contributed by atoms with Crippen molar-refractivity contribution in [2.24, 2.45) is 5.73 Å². The highest BCUT2D eigenvalue weighted by molar-refractivity contribution is 5.91. The van der Waals surface area contributed by atoms with Crippen LogP contribution in [0.4, 0.5) is 5.69 Å². The van der Waals surface area contributed by atoms with Gasteiger partial charge in [-0.1, -0.05) is 12.1 Å². The minimum absolute atomic E-state index is 0.266. The van der Waals surface area contributed by atoms with E-state index in [1.54, 1.807) is 12.3 Å². The molecule has 0 radical (unpaired) electrons. The molecule has 3 N–H and O–H groups in total. The maximum absolute atomic E-state index is 9.38. The summed E-state index contributed by atoms with van der Waals surface area (Å²) in [6.07, 6.45) is 6.36. The normalized spacial score (nSPS) is 18.5. The van der Waals surface area contributed by atoms with E-state index in [1.165, 1.54) is 0 Å². The van der Waals surface area contributed by atoms with E-state index in [0.717, 1.165) is 58.8 Å². The summed E-state index contributed by atoms with van der Waals surface area (Å²) in [6, 6.07) is 11.8. The van der Waals surface area contributed by atoms with Crippen LogP contribution in [0.5, 0.6) is 0 Å². The molecule has 1 atom stereocenters. The topological polar surface area (TPSA) is 108 Å². The van der Waals surface area contributed by atoms with Gasteiger partial charge in [0.2, 0.25) is 0 Å². The van der Waals surface area contributed by atoms with Gasteiger partial charge in [-0.15, -0.1) is 0 Å². The number of rotatable bonds is 3. The van der Waals surface area contributed by atoms with Gasteiger partial charge in [0.05, 0.1) is 28.4 Å². The van der Waals surface area contributed by atoms with Crippen molar-refractivity contribution in [2.45, 2.75) is 25.8 Å². The Labute approximate surface area is 180 Å². The average molecular weight is 409 g/mol. The highest BCUT2D eigenvalue weighted by Crippen LogP contribution is 2.41. The smallest absolute Gasteiger partial charge is 0.178 e. The molecule has 3 aromatic heterocycles.